The number of aliphatic carboxylic acids is 1. The lowest BCUT2D eigenvalue weighted by Crippen LogP contribution is -2.33. The molecule has 0 radical (unpaired) electrons. The number of urea groups is 1. The Morgan fingerprint density at radius 3 is 2.95 bits per heavy atom. The van der Waals surface area contributed by atoms with Crippen LogP contribution in [0.1, 0.15) is 12.8 Å². The Morgan fingerprint density at radius 2 is 2.25 bits per heavy atom. The summed E-state index contributed by atoms with van der Waals surface area (Å²) in [6.45, 7) is 0.826. The number of nitrogens with zero attached hydrogens (tertiary/aromatic N) is 1. The van der Waals surface area contributed by atoms with Gasteiger partial charge in [-0.05, 0) is 24.5 Å². The van der Waals surface area contributed by atoms with Crippen LogP contribution in [0.4, 0.5) is 14.9 Å². The summed E-state index contributed by atoms with van der Waals surface area (Å²) in [5.41, 5.74) is 0.0178. The predicted molar refractivity (Wildman–Crippen MR) is 72.4 cm³/mol. The fourth-order valence-corrected chi connectivity index (χ4v) is 2.40. The second-order valence-corrected chi connectivity index (χ2v) is 5.14. The van der Waals surface area contributed by atoms with E-state index in [-0.39, 0.29) is 23.0 Å². The van der Waals surface area contributed by atoms with Gasteiger partial charge in [0, 0.05) is 19.5 Å². The molecule has 1 unspecified atom stereocenters. The van der Waals surface area contributed by atoms with Crippen LogP contribution in [0.25, 0.3) is 0 Å². The van der Waals surface area contributed by atoms with Crippen molar-refractivity contribution >= 4 is 29.3 Å². The van der Waals surface area contributed by atoms with Crippen LogP contribution >= 0.6 is 11.6 Å². The first-order valence-corrected chi connectivity index (χ1v) is 6.57. The van der Waals surface area contributed by atoms with E-state index in [0.717, 1.165) is 0 Å². The fraction of sp³-hybridized carbons (Fsp3) is 0.385. The molecule has 2 amide bonds. The lowest BCUT2D eigenvalue weighted by molar-refractivity contribution is -0.138. The van der Waals surface area contributed by atoms with E-state index in [4.69, 9.17) is 16.7 Å². The molecule has 0 aliphatic carbocycles. The Hall–Kier alpha value is -1.82. The molecule has 20 heavy (non-hydrogen) atoms. The van der Waals surface area contributed by atoms with Crippen molar-refractivity contribution in [2.75, 3.05) is 18.4 Å². The van der Waals surface area contributed by atoms with Crippen molar-refractivity contribution in [3.8, 4) is 0 Å². The minimum atomic E-state index is -0.877. The zero-order valence-electron chi connectivity index (χ0n) is 10.6. The Morgan fingerprint density at radius 1 is 1.50 bits per heavy atom. The molecule has 1 aliphatic heterocycles. The second-order valence-electron chi connectivity index (χ2n) is 4.73. The number of halogens is 2. The van der Waals surface area contributed by atoms with Crippen molar-refractivity contribution in [2.45, 2.75) is 12.8 Å². The molecule has 0 saturated carbocycles. The Labute approximate surface area is 120 Å². The number of anilines is 1. The molecule has 1 saturated heterocycles. The topological polar surface area (TPSA) is 69.6 Å². The average molecular weight is 301 g/mol. The van der Waals surface area contributed by atoms with Crippen molar-refractivity contribution < 1.29 is 19.1 Å². The highest BCUT2D eigenvalue weighted by Gasteiger charge is 2.28. The van der Waals surface area contributed by atoms with E-state index in [1.54, 1.807) is 0 Å². The van der Waals surface area contributed by atoms with Crippen molar-refractivity contribution in [3.63, 3.8) is 0 Å². The van der Waals surface area contributed by atoms with Gasteiger partial charge in [0.2, 0.25) is 0 Å². The fourth-order valence-electron chi connectivity index (χ4n) is 2.23. The molecule has 1 aromatic carbocycles. The normalized spacial score (nSPS) is 18.1. The number of nitrogens with one attached hydrogen (secondary N) is 1. The molecule has 5 nitrogen and oxygen atoms in total. The third-order valence-electron chi connectivity index (χ3n) is 3.23. The smallest absolute Gasteiger partial charge is 0.321 e. The van der Waals surface area contributed by atoms with Crippen LogP contribution in [0.5, 0.6) is 0 Å². The summed E-state index contributed by atoms with van der Waals surface area (Å²) in [5.74, 6) is -1.61. The maximum atomic E-state index is 13.7. The predicted octanol–water partition coefficient (Wildman–Crippen LogP) is 2.81. The van der Waals surface area contributed by atoms with Crippen LogP contribution < -0.4 is 5.32 Å². The van der Waals surface area contributed by atoms with Crippen molar-refractivity contribution in [2.24, 2.45) is 5.92 Å². The van der Waals surface area contributed by atoms with Crippen molar-refractivity contribution in [1.29, 1.82) is 0 Å². The van der Waals surface area contributed by atoms with Crippen LogP contribution in [0, 0.1) is 11.7 Å². The summed E-state index contributed by atoms with van der Waals surface area (Å²) >= 11 is 5.63. The lowest BCUT2D eigenvalue weighted by atomic mass is 10.1. The molecular formula is C13H14ClFN2O3. The number of hydrogen-bond donors (Lipinski definition) is 2. The van der Waals surface area contributed by atoms with E-state index in [2.05, 4.69) is 5.32 Å². The highest BCUT2D eigenvalue weighted by atomic mass is 35.5. The summed E-state index contributed by atoms with van der Waals surface area (Å²) in [6.07, 6.45) is 0.674. The van der Waals surface area contributed by atoms with Gasteiger partial charge in [0.05, 0.1) is 10.7 Å². The number of likely N-dealkylation sites (tertiary alicyclic amines) is 1. The highest BCUT2D eigenvalue weighted by molar-refractivity contribution is 6.31. The van der Waals surface area contributed by atoms with E-state index in [9.17, 15) is 14.0 Å². The molecule has 2 N–H and O–H groups in total. The first-order valence-electron chi connectivity index (χ1n) is 6.19. The van der Waals surface area contributed by atoms with Gasteiger partial charge in [0.25, 0.3) is 0 Å². The van der Waals surface area contributed by atoms with Gasteiger partial charge >= 0.3 is 12.0 Å². The molecule has 2 rings (SSSR count). The van der Waals surface area contributed by atoms with Crippen molar-refractivity contribution in [3.05, 3.63) is 29.0 Å². The number of benzene rings is 1. The standard InChI is InChI=1S/C13H14ClFN2O3/c14-9-2-1-3-10(12(9)15)16-13(20)17-5-4-8(7-17)6-11(18)19/h1-3,8H,4-7H2,(H,16,20)(H,18,19). The summed E-state index contributed by atoms with van der Waals surface area (Å²) in [4.78, 5) is 24.1. The SMILES string of the molecule is O=C(O)CC1CCN(C(=O)Nc2cccc(Cl)c2F)C1. The first kappa shape index (κ1) is 14.6. The highest BCUT2D eigenvalue weighted by Crippen LogP contribution is 2.24. The zero-order chi connectivity index (χ0) is 14.7. The minimum Gasteiger partial charge on any atom is -0.481 e. The Kier molecular flexibility index (Phi) is 4.44. The van der Waals surface area contributed by atoms with E-state index in [1.807, 2.05) is 0 Å². The van der Waals surface area contributed by atoms with Gasteiger partial charge in [-0.25, -0.2) is 9.18 Å². The van der Waals surface area contributed by atoms with Gasteiger partial charge in [-0.15, -0.1) is 0 Å². The third kappa shape index (κ3) is 3.39. The maximum Gasteiger partial charge on any atom is 0.321 e. The summed E-state index contributed by atoms with van der Waals surface area (Å²) in [6, 6.07) is 3.91. The van der Waals surface area contributed by atoms with Crippen LogP contribution in [-0.2, 0) is 4.79 Å². The van der Waals surface area contributed by atoms with Gasteiger partial charge < -0.3 is 15.3 Å². The molecule has 1 heterocycles. The molecular weight excluding hydrogens is 287 g/mol. The quantitative estimate of drug-likeness (QED) is 0.902. The molecule has 7 heteroatoms. The van der Waals surface area contributed by atoms with E-state index in [1.165, 1.54) is 23.1 Å². The van der Waals surface area contributed by atoms with Gasteiger partial charge in [0.1, 0.15) is 0 Å². The summed E-state index contributed by atoms with van der Waals surface area (Å²) < 4.78 is 13.7. The van der Waals surface area contributed by atoms with Gasteiger partial charge in [-0.2, -0.15) is 0 Å². The molecule has 0 aromatic heterocycles. The number of amides is 2. The molecule has 1 fully saturated rings. The average Bonchev–Trinajstić information content (AvgIpc) is 2.82. The lowest BCUT2D eigenvalue weighted by Gasteiger charge is -2.17. The zero-order valence-corrected chi connectivity index (χ0v) is 11.4. The van der Waals surface area contributed by atoms with Gasteiger partial charge in [-0.1, -0.05) is 17.7 Å². The number of carbonyl (C=O) groups is 2. The van der Waals surface area contributed by atoms with Crippen LogP contribution in [-0.4, -0.2) is 35.1 Å². The molecule has 1 aliphatic rings. The number of carboxylic acid groups (broad SMARTS) is 1. The molecule has 108 valence electrons. The molecule has 0 spiro atoms. The van der Waals surface area contributed by atoms with Crippen LogP contribution in [0.2, 0.25) is 5.02 Å². The summed E-state index contributed by atoms with van der Waals surface area (Å²) in [7, 11) is 0. The largest absolute Gasteiger partial charge is 0.481 e. The number of rotatable bonds is 3. The number of carboxylic acids is 1. The molecule has 1 atom stereocenters. The maximum absolute atomic E-state index is 13.7. The van der Waals surface area contributed by atoms with E-state index < -0.39 is 17.8 Å². The summed E-state index contributed by atoms with van der Waals surface area (Å²) in [5, 5.41) is 11.1. The third-order valence-corrected chi connectivity index (χ3v) is 3.52. The van der Waals surface area contributed by atoms with Crippen molar-refractivity contribution in [1.82, 2.24) is 4.90 Å². The van der Waals surface area contributed by atoms with E-state index >= 15 is 0 Å². The van der Waals surface area contributed by atoms with E-state index in [0.29, 0.717) is 19.5 Å². The Bertz CT molecular complexity index is 538. The Balaban J connectivity index is 1.96. The van der Waals surface area contributed by atoms with Gasteiger partial charge in [-0.3, -0.25) is 4.79 Å². The molecule has 1 aromatic rings. The molecule has 0 bridgehead atoms. The second kappa shape index (κ2) is 6.09. The van der Waals surface area contributed by atoms with Crippen LogP contribution in [0.15, 0.2) is 18.2 Å². The van der Waals surface area contributed by atoms with Crippen LogP contribution in [0.3, 0.4) is 0 Å². The first-order chi connectivity index (χ1) is 9.47. The number of carbonyl (C=O) groups excluding carboxylic acids is 1. The van der Waals surface area contributed by atoms with Gasteiger partial charge in [0.15, 0.2) is 5.82 Å². The monoisotopic (exact) mass is 300 g/mol. The minimum absolute atomic E-state index is 0.0178. The number of hydrogen-bond acceptors (Lipinski definition) is 2.